The van der Waals surface area contributed by atoms with Crippen molar-refractivity contribution in [3.8, 4) is 12.1 Å². The fourth-order valence-electron chi connectivity index (χ4n) is 0.290. The van der Waals surface area contributed by atoms with Gasteiger partial charge in [-0.1, -0.05) is 4.57 Å². The molecule has 1 atom stereocenters. The molecule has 0 saturated carbocycles. The molecule has 46 valence electrons. The monoisotopic (exact) mass is 142 g/mol. The van der Waals surface area contributed by atoms with Crippen LogP contribution in [0.4, 0.5) is 0 Å². The lowest BCUT2D eigenvalue weighted by atomic mass is 10.2. The first-order valence-corrected chi connectivity index (χ1v) is 3.70. The Balaban J connectivity index is 3.78. The van der Waals surface area contributed by atoms with Crippen LogP contribution in [0.15, 0.2) is 0 Å². The summed E-state index contributed by atoms with van der Waals surface area (Å²) in [5, 5.41) is 16.2. The quantitative estimate of drug-likeness (QED) is 0.563. The summed E-state index contributed by atoms with van der Waals surface area (Å²) in [7, 11) is -1.85. The van der Waals surface area contributed by atoms with Crippen LogP contribution in [0.3, 0.4) is 0 Å². The van der Waals surface area contributed by atoms with Crippen molar-refractivity contribution in [2.75, 3.05) is 6.16 Å². The molecule has 0 bridgehead atoms. The van der Waals surface area contributed by atoms with E-state index in [9.17, 15) is 4.57 Å². The number of rotatable bonds is 2. The molecule has 0 fully saturated rings. The van der Waals surface area contributed by atoms with Gasteiger partial charge >= 0.3 is 7.95 Å². The van der Waals surface area contributed by atoms with Gasteiger partial charge in [0.15, 0.2) is 12.1 Å². The highest BCUT2D eigenvalue weighted by Gasteiger charge is 2.17. The molecule has 0 aliphatic rings. The van der Waals surface area contributed by atoms with Gasteiger partial charge in [0.2, 0.25) is 0 Å². The van der Waals surface area contributed by atoms with Crippen LogP contribution in [-0.4, -0.2) is 6.16 Å². The fraction of sp³-hybridized carbons (Fsp3) is 0.500. The van der Waals surface area contributed by atoms with Gasteiger partial charge in [-0.2, -0.15) is 10.5 Å². The van der Waals surface area contributed by atoms with Crippen molar-refractivity contribution in [2.45, 2.75) is 0 Å². The Bertz CT molecular complexity index is 175. The molecule has 0 heterocycles. The molecule has 0 saturated heterocycles. The number of nitriles is 2. The molecule has 0 aromatic heterocycles. The molecule has 0 aromatic carbocycles. The second-order valence-electron chi connectivity index (χ2n) is 1.41. The molecule has 4 nitrogen and oxygen atoms in total. The van der Waals surface area contributed by atoms with E-state index in [2.05, 4.69) is 0 Å². The van der Waals surface area contributed by atoms with Crippen molar-refractivity contribution in [1.29, 1.82) is 10.5 Å². The Hall–Kier alpha value is -0.960. The van der Waals surface area contributed by atoms with Crippen LogP contribution < -0.4 is 5.50 Å². The van der Waals surface area contributed by atoms with Gasteiger partial charge in [0.05, 0.1) is 12.1 Å². The minimum atomic E-state index is -1.85. The molecule has 0 aliphatic carbocycles. The molecule has 0 rings (SSSR count). The van der Waals surface area contributed by atoms with E-state index in [1.165, 1.54) is 0 Å². The van der Waals surface area contributed by atoms with Gasteiger partial charge in [0, 0.05) is 0 Å². The zero-order chi connectivity index (χ0) is 7.28. The Labute approximate surface area is 53.7 Å². The van der Waals surface area contributed by atoms with Crippen molar-refractivity contribution in [1.82, 2.24) is 0 Å². The van der Waals surface area contributed by atoms with E-state index in [4.69, 9.17) is 16.0 Å². The lowest BCUT2D eigenvalue weighted by Crippen LogP contribution is -1.98. The van der Waals surface area contributed by atoms with Crippen LogP contribution in [0.1, 0.15) is 0 Å². The fourth-order valence-corrected chi connectivity index (χ4v) is 0.814. The van der Waals surface area contributed by atoms with Gasteiger partial charge in [-0.15, -0.1) is 5.50 Å². The molecular weight excluding hydrogens is 137 g/mol. The van der Waals surface area contributed by atoms with Gasteiger partial charge in [-0.3, -0.25) is 0 Å². The van der Waals surface area contributed by atoms with Gasteiger partial charge in [-0.25, -0.2) is 0 Å². The average molecular weight is 142 g/mol. The van der Waals surface area contributed by atoms with E-state index in [-0.39, 0.29) is 6.16 Å². The predicted molar refractivity (Wildman–Crippen MR) is 31.4 cm³/mol. The van der Waals surface area contributed by atoms with Gasteiger partial charge < -0.3 is 0 Å². The largest absolute Gasteiger partial charge is 0.431 e. The molecule has 0 spiro atoms. The summed E-state index contributed by atoms with van der Waals surface area (Å²) in [6.45, 7) is 0. The van der Waals surface area contributed by atoms with Crippen molar-refractivity contribution >= 4 is 7.95 Å². The second kappa shape index (κ2) is 3.97. The molecule has 0 radical (unpaired) electrons. The van der Waals surface area contributed by atoms with Crippen molar-refractivity contribution in [2.24, 2.45) is 11.4 Å². The van der Waals surface area contributed by atoms with Crippen LogP contribution in [0.5, 0.6) is 0 Å². The smallest absolute Gasteiger partial charge is 0.197 e. The molecule has 0 aliphatic heterocycles. The number of hydrogen-bond acceptors (Lipinski definition) is 3. The number of nitrogens with zero attached hydrogens (tertiary/aromatic N) is 2. The first-order chi connectivity index (χ1) is 4.20. The van der Waals surface area contributed by atoms with Crippen LogP contribution in [0.25, 0.3) is 0 Å². The van der Waals surface area contributed by atoms with Crippen LogP contribution in [-0.2, 0) is 4.57 Å². The Morgan fingerprint density at radius 2 is 2.00 bits per heavy atom. The van der Waals surface area contributed by atoms with Crippen LogP contribution >= 0.6 is 7.95 Å². The summed E-state index contributed by atoms with van der Waals surface area (Å²) < 4.78 is 10.2. The Morgan fingerprint density at radius 3 is 2.11 bits per heavy atom. The number of hydrogen-bond donors (Lipinski definition) is 1. The highest BCUT2D eigenvalue weighted by molar-refractivity contribution is 7.41. The van der Waals surface area contributed by atoms with Gasteiger partial charge in [0.1, 0.15) is 0 Å². The zero-order valence-electron chi connectivity index (χ0n) is 4.61. The van der Waals surface area contributed by atoms with Gasteiger partial charge in [-0.05, 0) is 0 Å². The van der Waals surface area contributed by atoms with E-state index in [1.54, 1.807) is 12.1 Å². The minimum Gasteiger partial charge on any atom is -0.197 e. The molecular formula is C4H5N3OP+. The molecule has 9 heavy (non-hydrogen) atoms. The normalized spacial score (nSPS) is 10.0. The summed E-state index contributed by atoms with van der Waals surface area (Å²) in [6, 6.07) is 3.32. The maximum Gasteiger partial charge on any atom is 0.431 e. The third-order valence-electron chi connectivity index (χ3n) is 0.674. The van der Waals surface area contributed by atoms with Crippen molar-refractivity contribution in [3.63, 3.8) is 0 Å². The third-order valence-corrected chi connectivity index (χ3v) is 1.40. The lowest BCUT2D eigenvalue weighted by molar-refractivity contribution is 0.586. The lowest BCUT2D eigenvalue weighted by Gasteiger charge is -1.80. The standard InChI is InChI=1S/C4H5N3OP/c5-1-4(2-6)3-9(7)8/h4H,3H2,(H2,7,8)/q+1. The highest BCUT2D eigenvalue weighted by Crippen LogP contribution is 2.12. The second-order valence-corrected chi connectivity index (χ2v) is 2.61. The highest BCUT2D eigenvalue weighted by atomic mass is 31.1. The van der Waals surface area contributed by atoms with Gasteiger partial charge in [0.25, 0.3) is 0 Å². The van der Waals surface area contributed by atoms with E-state index in [0.717, 1.165) is 0 Å². The van der Waals surface area contributed by atoms with Crippen molar-refractivity contribution in [3.05, 3.63) is 0 Å². The Morgan fingerprint density at radius 1 is 1.56 bits per heavy atom. The van der Waals surface area contributed by atoms with E-state index in [1.807, 2.05) is 0 Å². The zero-order valence-corrected chi connectivity index (χ0v) is 5.51. The molecule has 5 heteroatoms. The van der Waals surface area contributed by atoms with E-state index >= 15 is 0 Å². The summed E-state index contributed by atoms with van der Waals surface area (Å²) in [6.07, 6.45) is -0.0255. The maximum absolute atomic E-state index is 10.2. The summed E-state index contributed by atoms with van der Waals surface area (Å²) in [5.74, 6) is -0.821. The predicted octanol–water partition coefficient (Wildman–Crippen LogP) is 0.351. The molecule has 2 N–H and O–H groups in total. The van der Waals surface area contributed by atoms with E-state index in [0.29, 0.717) is 0 Å². The molecule has 1 unspecified atom stereocenters. The SMILES string of the molecule is N#CC(C#N)C[P+](N)=O. The minimum absolute atomic E-state index is 0.0255. The number of nitrogens with two attached hydrogens (primary N) is 1. The maximum atomic E-state index is 10.2. The van der Waals surface area contributed by atoms with Crippen LogP contribution in [0, 0.1) is 28.6 Å². The third kappa shape index (κ3) is 3.61. The summed E-state index contributed by atoms with van der Waals surface area (Å²) in [5.41, 5.74) is 4.85. The average Bonchev–Trinajstić information content (AvgIpc) is 1.82. The first kappa shape index (κ1) is 8.04. The van der Waals surface area contributed by atoms with E-state index < -0.39 is 13.9 Å². The summed E-state index contributed by atoms with van der Waals surface area (Å²) >= 11 is 0. The topological polar surface area (TPSA) is 90.7 Å². The van der Waals surface area contributed by atoms with Crippen molar-refractivity contribution < 1.29 is 4.57 Å². The molecule has 0 aromatic rings. The van der Waals surface area contributed by atoms with Crippen LogP contribution in [0.2, 0.25) is 0 Å². The Kier molecular flexibility index (Phi) is 3.55. The first-order valence-electron chi connectivity index (χ1n) is 2.19. The summed E-state index contributed by atoms with van der Waals surface area (Å²) in [4.78, 5) is 0. The molecule has 0 amide bonds.